The maximum Gasteiger partial charge on any atom is 0.0813 e. The van der Waals surface area contributed by atoms with E-state index in [9.17, 15) is 0 Å². The molecule has 1 nitrogen and oxygen atoms in total. The molecule has 0 aliphatic heterocycles. The van der Waals surface area contributed by atoms with Crippen LogP contribution in [0.5, 0.6) is 0 Å². The first kappa shape index (κ1) is 10.7. The molecule has 0 amide bonds. The monoisotopic (exact) mass is 209 g/mol. The standard InChI is InChI=1S/C15H15N/c1-16-15(14-11-7-4-8-12-14)13-9-5-2-3-6-10-13/h2-3,5,7,9,11-13H,4,8H2,1H3/b16-15+. The Labute approximate surface area is 97.0 Å². The summed E-state index contributed by atoms with van der Waals surface area (Å²) in [6.07, 6.45) is 16.8. The van der Waals surface area contributed by atoms with E-state index >= 15 is 0 Å². The molecule has 0 N–H and O–H groups in total. The van der Waals surface area contributed by atoms with E-state index in [0.717, 1.165) is 18.6 Å². The number of rotatable bonds is 2. The molecule has 0 radical (unpaired) electrons. The summed E-state index contributed by atoms with van der Waals surface area (Å²) in [5.74, 6) is 6.35. The Bertz CT molecular complexity index is 461. The van der Waals surface area contributed by atoms with Crippen LogP contribution in [0, 0.1) is 17.8 Å². The molecule has 80 valence electrons. The molecule has 1 unspecified atom stereocenters. The van der Waals surface area contributed by atoms with E-state index in [1.165, 1.54) is 5.57 Å². The summed E-state index contributed by atoms with van der Waals surface area (Å²) in [5.41, 5.74) is 2.29. The summed E-state index contributed by atoms with van der Waals surface area (Å²) < 4.78 is 0. The van der Waals surface area contributed by atoms with Crippen LogP contribution in [-0.4, -0.2) is 12.8 Å². The highest BCUT2D eigenvalue weighted by Gasteiger charge is 2.14. The molecular weight excluding hydrogens is 194 g/mol. The topological polar surface area (TPSA) is 12.4 Å². The van der Waals surface area contributed by atoms with Gasteiger partial charge in [-0.1, -0.05) is 48.3 Å². The Kier molecular flexibility index (Phi) is 3.56. The SMILES string of the molecule is C/N=C(/C1=CCCC=C1)C1C#CC=CC=C1. The molecule has 0 saturated heterocycles. The molecular formula is C15H15N. The molecule has 1 heteroatoms. The van der Waals surface area contributed by atoms with Crippen LogP contribution in [-0.2, 0) is 0 Å². The highest BCUT2D eigenvalue weighted by Crippen LogP contribution is 2.17. The van der Waals surface area contributed by atoms with Gasteiger partial charge in [0, 0.05) is 7.05 Å². The smallest absolute Gasteiger partial charge is 0.0813 e. The van der Waals surface area contributed by atoms with Gasteiger partial charge in [-0.2, -0.15) is 0 Å². The second-order valence-electron chi connectivity index (χ2n) is 3.76. The second kappa shape index (κ2) is 5.32. The minimum absolute atomic E-state index is 0.119. The van der Waals surface area contributed by atoms with E-state index in [4.69, 9.17) is 0 Å². The molecule has 0 spiro atoms. The lowest BCUT2D eigenvalue weighted by Gasteiger charge is -2.13. The van der Waals surface area contributed by atoms with E-state index < -0.39 is 0 Å². The molecule has 0 bridgehead atoms. The lowest BCUT2D eigenvalue weighted by Crippen LogP contribution is -2.13. The molecule has 16 heavy (non-hydrogen) atoms. The zero-order chi connectivity index (χ0) is 11.2. The molecule has 0 fully saturated rings. The number of hydrogen-bond acceptors (Lipinski definition) is 1. The van der Waals surface area contributed by atoms with Gasteiger partial charge in [-0.25, -0.2) is 0 Å². The fourth-order valence-electron chi connectivity index (χ4n) is 1.88. The van der Waals surface area contributed by atoms with E-state index in [1.807, 2.05) is 25.3 Å². The van der Waals surface area contributed by atoms with Gasteiger partial charge >= 0.3 is 0 Å². The quantitative estimate of drug-likeness (QED) is 0.489. The molecule has 0 saturated carbocycles. The van der Waals surface area contributed by atoms with Gasteiger partial charge in [0.25, 0.3) is 0 Å². The first-order valence-electron chi connectivity index (χ1n) is 5.60. The first-order chi connectivity index (χ1) is 7.92. The number of hydrogen-bond donors (Lipinski definition) is 0. The summed E-state index contributed by atoms with van der Waals surface area (Å²) in [6, 6.07) is 0. The summed E-state index contributed by atoms with van der Waals surface area (Å²) in [7, 11) is 1.84. The van der Waals surface area contributed by atoms with E-state index in [-0.39, 0.29) is 5.92 Å². The van der Waals surface area contributed by atoms with Gasteiger partial charge in [-0.05, 0) is 24.5 Å². The molecule has 2 aliphatic rings. The van der Waals surface area contributed by atoms with E-state index in [1.54, 1.807) is 0 Å². The van der Waals surface area contributed by atoms with Crippen LogP contribution in [0.2, 0.25) is 0 Å². The Hall–Kier alpha value is -1.81. The van der Waals surface area contributed by atoms with E-state index in [2.05, 4.69) is 41.1 Å². The second-order valence-corrected chi connectivity index (χ2v) is 3.76. The Morgan fingerprint density at radius 1 is 1.38 bits per heavy atom. The molecule has 0 aromatic rings. The fourth-order valence-corrected chi connectivity index (χ4v) is 1.88. The summed E-state index contributed by atoms with van der Waals surface area (Å²) in [6.45, 7) is 0. The number of aliphatic imine (C=N–C) groups is 1. The highest BCUT2D eigenvalue weighted by molar-refractivity contribution is 6.06. The van der Waals surface area contributed by atoms with Crippen molar-refractivity contribution < 1.29 is 0 Å². The van der Waals surface area contributed by atoms with Crippen LogP contribution >= 0.6 is 0 Å². The summed E-state index contributed by atoms with van der Waals surface area (Å²) >= 11 is 0. The van der Waals surface area contributed by atoms with Gasteiger partial charge in [0.05, 0.1) is 11.6 Å². The van der Waals surface area contributed by atoms with Crippen molar-refractivity contribution in [1.29, 1.82) is 0 Å². The van der Waals surface area contributed by atoms with Crippen LogP contribution < -0.4 is 0 Å². The van der Waals surface area contributed by atoms with Crippen LogP contribution in [0.15, 0.2) is 53.1 Å². The van der Waals surface area contributed by atoms with Gasteiger partial charge in [0.1, 0.15) is 0 Å². The van der Waals surface area contributed by atoms with Crippen molar-refractivity contribution in [3.05, 3.63) is 48.1 Å². The fraction of sp³-hybridized carbons (Fsp3) is 0.267. The van der Waals surface area contributed by atoms with Crippen LogP contribution in [0.1, 0.15) is 12.8 Å². The molecule has 2 rings (SSSR count). The average Bonchev–Trinajstić information content (AvgIpc) is 2.61. The third kappa shape index (κ3) is 2.41. The van der Waals surface area contributed by atoms with Gasteiger partial charge in [0.15, 0.2) is 0 Å². The van der Waals surface area contributed by atoms with Crippen molar-refractivity contribution in [2.75, 3.05) is 7.05 Å². The Morgan fingerprint density at radius 2 is 2.31 bits per heavy atom. The number of allylic oxidation sites excluding steroid dienone is 8. The van der Waals surface area contributed by atoms with Gasteiger partial charge in [0.2, 0.25) is 0 Å². The highest BCUT2D eigenvalue weighted by atomic mass is 14.7. The lowest BCUT2D eigenvalue weighted by atomic mass is 9.93. The third-order valence-corrected chi connectivity index (χ3v) is 2.66. The maximum absolute atomic E-state index is 4.39. The number of nitrogens with zero attached hydrogens (tertiary/aromatic N) is 1. The maximum atomic E-state index is 4.39. The Morgan fingerprint density at radius 3 is 3.06 bits per heavy atom. The molecule has 1 atom stereocenters. The zero-order valence-corrected chi connectivity index (χ0v) is 9.48. The summed E-state index contributed by atoms with van der Waals surface area (Å²) in [4.78, 5) is 4.39. The van der Waals surface area contributed by atoms with Gasteiger partial charge < -0.3 is 0 Å². The summed E-state index contributed by atoms with van der Waals surface area (Å²) in [5, 5.41) is 0. The van der Waals surface area contributed by atoms with Crippen LogP contribution in [0.25, 0.3) is 0 Å². The van der Waals surface area contributed by atoms with Crippen molar-refractivity contribution in [2.24, 2.45) is 10.9 Å². The zero-order valence-electron chi connectivity index (χ0n) is 9.48. The van der Waals surface area contributed by atoms with E-state index in [0.29, 0.717) is 0 Å². The molecule has 2 aliphatic carbocycles. The van der Waals surface area contributed by atoms with Crippen LogP contribution in [0.4, 0.5) is 0 Å². The van der Waals surface area contributed by atoms with Crippen molar-refractivity contribution in [1.82, 2.24) is 0 Å². The first-order valence-corrected chi connectivity index (χ1v) is 5.60. The van der Waals surface area contributed by atoms with Gasteiger partial charge in [-0.3, -0.25) is 4.99 Å². The van der Waals surface area contributed by atoms with Crippen molar-refractivity contribution in [2.45, 2.75) is 12.8 Å². The molecule has 0 heterocycles. The van der Waals surface area contributed by atoms with Crippen molar-refractivity contribution in [3.63, 3.8) is 0 Å². The van der Waals surface area contributed by atoms with Crippen molar-refractivity contribution >= 4 is 5.71 Å². The van der Waals surface area contributed by atoms with Crippen molar-refractivity contribution in [3.8, 4) is 11.8 Å². The minimum Gasteiger partial charge on any atom is -0.291 e. The molecule has 0 aromatic carbocycles. The lowest BCUT2D eigenvalue weighted by molar-refractivity contribution is 1.02. The van der Waals surface area contributed by atoms with Crippen LogP contribution in [0.3, 0.4) is 0 Å². The third-order valence-electron chi connectivity index (χ3n) is 2.66. The predicted octanol–water partition coefficient (Wildman–Crippen LogP) is 3.08. The predicted molar refractivity (Wildman–Crippen MR) is 69.4 cm³/mol. The molecule has 0 aromatic heterocycles. The largest absolute Gasteiger partial charge is 0.291 e. The Balaban J connectivity index is 2.26. The minimum atomic E-state index is 0.119. The van der Waals surface area contributed by atoms with Gasteiger partial charge in [-0.15, -0.1) is 0 Å². The normalized spacial score (nSPS) is 23.4. The average molecular weight is 209 g/mol.